The van der Waals surface area contributed by atoms with Crippen molar-refractivity contribution in [2.24, 2.45) is 5.10 Å². The molecule has 0 fully saturated rings. The molecule has 0 saturated heterocycles. The molecular formula is C25H31ClN4O4. The number of rotatable bonds is 9. The van der Waals surface area contributed by atoms with Crippen LogP contribution in [0.3, 0.4) is 0 Å². The number of amides is 3. The van der Waals surface area contributed by atoms with Crippen LogP contribution < -0.4 is 10.1 Å². The van der Waals surface area contributed by atoms with Crippen molar-refractivity contribution < 1.29 is 19.1 Å². The van der Waals surface area contributed by atoms with Gasteiger partial charge in [0.2, 0.25) is 0 Å². The lowest BCUT2D eigenvalue weighted by atomic mass is 9.98. The zero-order valence-corrected chi connectivity index (χ0v) is 20.7. The van der Waals surface area contributed by atoms with E-state index in [1.807, 2.05) is 56.3 Å². The zero-order valence-electron chi connectivity index (χ0n) is 20.0. The van der Waals surface area contributed by atoms with Crippen LogP contribution in [0.15, 0.2) is 53.6 Å². The molecule has 0 aliphatic carbocycles. The van der Waals surface area contributed by atoms with E-state index in [9.17, 15) is 9.59 Å². The summed E-state index contributed by atoms with van der Waals surface area (Å²) in [5, 5.41) is 9.54. The Balaban J connectivity index is 1.90. The number of hydrogen-bond donors (Lipinski definition) is 1. The quantitative estimate of drug-likeness (QED) is 0.578. The Labute approximate surface area is 205 Å². The average molecular weight is 487 g/mol. The van der Waals surface area contributed by atoms with Gasteiger partial charge in [-0.15, -0.1) is 0 Å². The fraction of sp³-hybridized carbons (Fsp3) is 0.400. The third-order valence-electron chi connectivity index (χ3n) is 5.44. The number of halogens is 1. The average Bonchev–Trinajstić information content (AvgIpc) is 3.27. The summed E-state index contributed by atoms with van der Waals surface area (Å²) in [4.78, 5) is 27.6. The summed E-state index contributed by atoms with van der Waals surface area (Å²) in [5.41, 5.74) is 2.41. The Hall–Kier alpha value is -3.10. The topological polar surface area (TPSA) is 83.5 Å². The molecule has 8 nitrogen and oxygen atoms in total. The van der Waals surface area contributed by atoms with Gasteiger partial charge in [0.1, 0.15) is 12.3 Å². The minimum absolute atomic E-state index is 0.0590. The van der Waals surface area contributed by atoms with Gasteiger partial charge in [0.05, 0.1) is 25.5 Å². The summed E-state index contributed by atoms with van der Waals surface area (Å²) < 4.78 is 10.4. The number of ether oxygens (including phenoxy) is 2. The summed E-state index contributed by atoms with van der Waals surface area (Å²) in [7, 11) is 3.16. The largest absolute Gasteiger partial charge is 0.497 e. The Bertz CT molecular complexity index is 1030. The van der Waals surface area contributed by atoms with Crippen LogP contribution in [0.1, 0.15) is 37.4 Å². The van der Waals surface area contributed by atoms with Gasteiger partial charge < -0.3 is 19.7 Å². The number of methoxy groups -OCH3 is 2. The van der Waals surface area contributed by atoms with E-state index in [4.69, 9.17) is 21.1 Å². The minimum atomic E-state index is -0.331. The van der Waals surface area contributed by atoms with Gasteiger partial charge in [-0.25, -0.2) is 9.80 Å². The van der Waals surface area contributed by atoms with Crippen molar-refractivity contribution in [2.45, 2.75) is 32.4 Å². The van der Waals surface area contributed by atoms with Crippen molar-refractivity contribution in [3.8, 4) is 5.75 Å². The van der Waals surface area contributed by atoms with Crippen molar-refractivity contribution in [3.63, 3.8) is 0 Å². The van der Waals surface area contributed by atoms with Crippen molar-refractivity contribution in [2.75, 3.05) is 33.9 Å². The number of nitrogens with one attached hydrogen (secondary N) is 1. The minimum Gasteiger partial charge on any atom is -0.497 e. The number of benzene rings is 2. The van der Waals surface area contributed by atoms with Gasteiger partial charge in [-0.1, -0.05) is 41.9 Å². The summed E-state index contributed by atoms with van der Waals surface area (Å²) in [6.07, 6.45) is 0.498. The fourth-order valence-corrected chi connectivity index (χ4v) is 3.96. The highest BCUT2D eigenvalue weighted by Crippen LogP contribution is 2.35. The molecule has 34 heavy (non-hydrogen) atoms. The van der Waals surface area contributed by atoms with Gasteiger partial charge >= 0.3 is 6.03 Å². The van der Waals surface area contributed by atoms with Gasteiger partial charge in [-0.2, -0.15) is 5.10 Å². The van der Waals surface area contributed by atoms with Gasteiger partial charge in [-0.3, -0.25) is 4.79 Å². The van der Waals surface area contributed by atoms with Gasteiger partial charge in [-0.05, 0) is 37.6 Å². The molecule has 0 spiro atoms. The van der Waals surface area contributed by atoms with Crippen LogP contribution in [0.2, 0.25) is 5.02 Å². The number of carbonyl (C=O) groups is 2. The van der Waals surface area contributed by atoms with Crippen LogP contribution in [0, 0.1) is 0 Å². The first-order valence-corrected chi connectivity index (χ1v) is 11.5. The summed E-state index contributed by atoms with van der Waals surface area (Å²) in [6, 6.07) is 14.3. The number of carbonyl (C=O) groups excluding carboxylic acids is 2. The third-order valence-corrected chi connectivity index (χ3v) is 5.77. The smallest absolute Gasteiger partial charge is 0.318 e. The van der Waals surface area contributed by atoms with E-state index in [0.29, 0.717) is 18.1 Å². The van der Waals surface area contributed by atoms with Crippen LogP contribution in [-0.2, 0) is 9.53 Å². The van der Waals surface area contributed by atoms with Crippen LogP contribution >= 0.6 is 11.6 Å². The van der Waals surface area contributed by atoms with Crippen molar-refractivity contribution >= 4 is 29.3 Å². The molecule has 0 saturated carbocycles. The molecule has 1 heterocycles. The molecule has 3 rings (SSSR count). The Morgan fingerprint density at radius 2 is 1.88 bits per heavy atom. The first-order valence-electron chi connectivity index (χ1n) is 11.2. The number of nitrogens with zero attached hydrogens (tertiary/aromatic N) is 3. The number of urea groups is 1. The molecule has 0 bridgehead atoms. The molecule has 2 aromatic rings. The van der Waals surface area contributed by atoms with E-state index in [-0.39, 0.29) is 37.1 Å². The normalized spacial score (nSPS) is 15.3. The SMILES string of the molecule is COCCN(CC(=O)N1N=C(c2ccccc2Cl)CC1c1ccc(OC)cc1)C(=O)NC(C)C. The monoisotopic (exact) mass is 486 g/mol. The van der Waals surface area contributed by atoms with Crippen molar-refractivity contribution in [1.82, 2.24) is 15.2 Å². The van der Waals surface area contributed by atoms with E-state index in [2.05, 4.69) is 10.4 Å². The second kappa shape index (κ2) is 11.9. The van der Waals surface area contributed by atoms with Crippen LogP contribution in [0.25, 0.3) is 0 Å². The second-order valence-electron chi connectivity index (χ2n) is 8.28. The molecule has 0 radical (unpaired) electrons. The lowest BCUT2D eigenvalue weighted by Gasteiger charge is -2.27. The molecular weight excluding hydrogens is 456 g/mol. The number of hydrogen-bond acceptors (Lipinski definition) is 5. The van der Waals surface area contributed by atoms with E-state index >= 15 is 0 Å². The lowest BCUT2D eigenvalue weighted by Crippen LogP contribution is -2.48. The van der Waals surface area contributed by atoms with Crippen LogP contribution in [-0.4, -0.2) is 67.5 Å². The molecule has 182 valence electrons. The maximum absolute atomic E-state index is 13.5. The highest BCUT2D eigenvalue weighted by Gasteiger charge is 2.35. The van der Waals surface area contributed by atoms with E-state index in [1.54, 1.807) is 20.3 Å². The summed E-state index contributed by atoms with van der Waals surface area (Å²) in [5.74, 6) is 0.431. The summed E-state index contributed by atoms with van der Waals surface area (Å²) in [6.45, 7) is 4.20. The molecule has 3 amide bonds. The van der Waals surface area contributed by atoms with Gasteiger partial charge in [0.25, 0.3) is 5.91 Å². The van der Waals surface area contributed by atoms with Crippen LogP contribution in [0.5, 0.6) is 5.75 Å². The van der Waals surface area contributed by atoms with Crippen molar-refractivity contribution in [1.29, 1.82) is 0 Å². The predicted octanol–water partition coefficient (Wildman–Crippen LogP) is 4.09. The Kier molecular flexibility index (Phi) is 8.90. The molecule has 2 aromatic carbocycles. The first kappa shape index (κ1) is 25.5. The Morgan fingerprint density at radius 3 is 2.50 bits per heavy atom. The first-order chi connectivity index (χ1) is 16.3. The fourth-order valence-electron chi connectivity index (χ4n) is 3.71. The van der Waals surface area contributed by atoms with Crippen molar-refractivity contribution in [3.05, 3.63) is 64.7 Å². The molecule has 0 aromatic heterocycles. The maximum Gasteiger partial charge on any atom is 0.318 e. The molecule has 1 aliphatic rings. The molecule has 9 heteroatoms. The third kappa shape index (κ3) is 6.27. The standard InChI is InChI=1S/C25H31ClN4O4/c1-17(2)27-25(32)29(13-14-33-3)16-24(31)30-23(18-9-11-19(34-4)12-10-18)15-22(28-30)20-7-5-6-8-21(20)26/h5-12,17,23H,13-16H2,1-4H3,(H,27,32). The molecule has 1 aliphatic heterocycles. The molecule has 1 atom stereocenters. The van der Waals surface area contributed by atoms with Gasteiger partial charge in [0, 0.05) is 36.7 Å². The maximum atomic E-state index is 13.5. The highest BCUT2D eigenvalue weighted by molar-refractivity contribution is 6.34. The lowest BCUT2D eigenvalue weighted by molar-refractivity contribution is -0.133. The van der Waals surface area contributed by atoms with E-state index in [0.717, 1.165) is 22.6 Å². The molecule has 1 N–H and O–H groups in total. The second-order valence-corrected chi connectivity index (χ2v) is 8.68. The van der Waals surface area contributed by atoms with E-state index < -0.39 is 0 Å². The van der Waals surface area contributed by atoms with Gasteiger partial charge in [0.15, 0.2) is 0 Å². The Morgan fingerprint density at radius 1 is 1.18 bits per heavy atom. The number of hydrazone groups is 1. The van der Waals surface area contributed by atoms with Crippen LogP contribution in [0.4, 0.5) is 4.79 Å². The predicted molar refractivity (Wildman–Crippen MR) is 132 cm³/mol. The highest BCUT2D eigenvalue weighted by atomic mass is 35.5. The zero-order chi connectivity index (χ0) is 24.7. The summed E-state index contributed by atoms with van der Waals surface area (Å²) >= 11 is 6.42. The van der Waals surface area contributed by atoms with E-state index in [1.165, 1.54) is 9.91 Å². The molecule has 1 unspecified atom stereocenters.